The molecule has 1 aromatic heterocycles. The molecular weight excluding hydrogens is 438 g/mol. The lowest BCUT2D eigenvalue weighted by Crippen LogP contribution is -2.57. The Morgan fingerprint density at radius 2 is 1.84 bits per heavy atom. The van der Waals surface area contributed by atoms with E-state index in [0.717, 1.165) is 20.9 Å². The highest BCUT2D eigenvalue weighted by atomic mass is 32.2. The van der Waals surface area contributed by atoms with Crippen LogP contribution in [0, 0.1) is 0 Å². The molecule has 5 atom stereocenters. The first kappa shape index (κ1) is 24.2. The SMILES string of the molecule is CS[C@@H]1O[C@H](COCc2ccccc2)[C@H](O)[C@H](O)[C@H]1N=Cc1c(O)n(C)c(=O)n(C)c1=O. The Labute approximate surface area is 188 Å². The van der Waals surface area contributed by atoms with Gasteiger partial charge in [-0.2, -0.15) is 0 Å². The van der Waals surface area contributed by atoms with Gasteiger partial charge in [-0.15, -0.1) is 11.8 Å². The normalized spacial score (nSPS) is 26.0. The predicted molar refractivity (Wildman–Crippen MR) is 120 cm³/mol. The molecule has 0 bridgehead atoms. The third kappa shape index (κ3) is 4.97. The Balaban J connectivity index is 1.74. The number of hydrogen-bond donors (Lipinski definition) is 3. The summed E-state index contributed by atoms with van der Waals surface area (Å²) in [6, 6.07) is 8.63. The van der Waals surface area contributed by atoms with Crippen molar-refractivity contribution in [2.75, 3.05) is 12.9 Å². The number of benzene rings is 1. The molecule has 0 spiro atoms. The predicted octanol–water partition coefficient (Wildman–Crippen LogP) is -0.396. The number of rotatable bonds is 7. The van der Waals surface area contributed by atoms with Crippen molar-refractivity contribution in [1.82, 2.24) is 9.13 Å². The van der Waals surface area contributed by atoms with Crippen LogP contribution in [0.15, 0.2) is 44.9 Å². The second kappa shape index (κ2) is 10.5. The van der Waals surface area contributed by atoms with Gasteiger partial charge in [0.05, 0.1) is 13.2 Å². The Kier molecular flexibility index (Phi) is 7.91. The monoisotopic (exact) mass is 465 g/mol. The van der Waals surface area contributed by atoms with E-state index in [2.05, 4.69) is 4.99 Å². The number of ether oxygens (including phenoxy) is 2. The molecule has 1 aliphatic heterocycles. The second-order valence-corrected chi connectivity index (χ2v) is 8.41. The maximum absolute atomic E-state index is 12.4. The van der Waals surface area contributed by atoms with Crippen molar-refractivity contribution in [1.29, 1.82) is 0 Å². The number of nitrogens with zero attached hydrogens (tertiary/aromatic N) is 3. The van der Waals surface area contributed by atoms with Crippen LogP contribution >= 0.6 is 11.8 Å². The molecule has 1 aliphatic rings. The van der Waals surface area contributed by atoms with Gasteiger partial charge in [-0.25, -0.2) is 4.79 Å². The van der Waals surface area contributed by atoms with E-state index in [1.165, 1.54) is 25.9 Å². The fourth-order valence-electron chi connectivity index (χ4n) is 3.41. The lowest BCUT2D eigenvalue weighted by atomic mass is 9.98. The van der Waals surface area contributed by atoms with E-state index in [4.69, 9.17) is 9.47 Å². The van der Waals surface area contributed by atoms with E-state index in [1.807, 2.05) is 30.3 Å². The van der Waals surface area contributed by atoms with E-state index in [-0.39, 0.29) is 12.2 Å². The van der Waals surface area contributed by atoms with Gasteiger partial charge in [0.1, 0.15) is 35.4 Å². The molecule has 2 aromatic rings. The van der Waals surface area contributed by atoms with Crippen molar-refractivity contribution in [3.63, 3.8) is 0 Å². The van der Waals surface area contributed by atoms with Gasteiger partial charge < -0.3 is 24.8 Å². The highest BCUT2D eigenvalue weighted by molar-refractivity contribution is 7.99. The van der Waals surface area contributed by atoms with Crippen LogP contribution in [0.4, 0.5) is 0 Å². The van der Waals surface area contributed by atoms with E-state index < -0.39 is 46.9 Å². The second-order valence-electron chi connectivity index (χ2n) is 7.47. The molecule has 1 saturated heterocycles. The number of aliphatic hydroxyl groups excluding tert-OH is 2. The Morgan fingerprint density at radius 1 is 1.16 bits per heavy atom. The number of hydrogen-bond acceptors (Lipinski definition) is 9. The zero-order chi connectivity index (χ0) is 23.4. The lowest BCUT2D eigenvalue weighted by molar-refractivity contribution is -0.172. The molecule has 0 amide bonds. The van der Waals surface area contributed by atoms with E-state index in [0.29, 0.717) is 6.61 Å². The van der Waals surface area contributed by atoms with E-state index in [9.17, 15) is 24.9 Å². The third-order valence-corrected chi connectivity index (χ3v) is 6.19. The van der Waals surface area contributed by atoms with Crippen molar-refractivity contribution in [2.45, 2.75) is 36.4 Å². The van der Waals surface area contributed by atoms with Crippen molar-refractivity contribution >= 4 is 18.0 Å². The van der Waals surface area contributed by atoms with Crippen molar-refractivity contribution < 1.29 is 24.8 Å². The van der Waals surface area contributed by atoms with Crippen LogP contribution in [-0.2, 0) is 30.2 Å². The maximum atomic E-state index is 12.4. The third-order valence-electron chi connectivity index (χ3n) is 5.34. The number of aromatic hydroxyl groups is 1. The minimum absolute atomic E-state index is 0.0722. The molecule has 0 aliphatic carbocycles. The zero-order valence-electron chi connectivity index (χ0n) is 18.0. The summed E-state index contributed by atoms with van der Waals surface area (Å²) in [6.07, 6.45) is -0.468. The number of thioether (sulfide) groups is 1. The summed E-state index contributed by atoms with van der Waals surface area (Å²) in [6.45, 7) is 0.410. The number of aliphatic imine (C=N–C) groups is 1. The first-order valence-corrected chi connectivity index (χ1v) is 11.2. The molecule has 10 nitrogen and oxygen atoms in total. The van der Waals surface area contributed by atoms with Crippen molar-refractivity contribution in [2.24, 2.45) is 19.1 Å². The standard InChI is InChI=1S/C21H27N3O7S/c1-23-18(27)13(19(28)24(2)21(23)29)9-22-15-17(26)16(25)14(31-20(15)32-3)11-30-10-12-7-5-4-6-8-12/h4-9,14-17,20,25-27H,10-11H2,1-3H3/t14-,15-,16+,17-,20+/m1/s1. The van der Waals surface area contributed by atoms with E-state index in [1.54, 1.807) is 6.26 Å². The van der Waals surface area contributed by atoms with Gasteiger partial charge in [0.15, 0.2) is 0 Å². The van der Waals surface area contributed by atoms with Crippen LogP contribution in [0.5, 0.6) is 5.88 Å². The summed E-state index contributed by atoms with van der Waals surface area (Å²) in [5, 5.41) is 31.4. The summed E-state index contributed by atoms with van der Waals surface area (Å²) in [7, 11) is 2.61. The van der Waals surface area contributed by atoms with Crippen LogP contribution in [0.1, 0.15) is 11.1 Å². The summed E-state index contributed by atoms with van der Waals surface area (Å²) in [4.78, 5) is 28.5. The maximum Gasteiger partial charge on any atom is 0.333 e. The molecule has 1 aromatic carbocycles. The molecule has 11 heteroatoms. The average Bonchev–Trinajstić information content (AvgIpc) is 2.80. The average molecular weight is 466 g/mol. The Morgan fingerprint density at radius 3 is 2.50 bits per heavy atom. The first-order chi connectivity index (χ1) is 15.3. The summed E-state index contributed by atoms with van der Waals surface area (Å²) < 4.78 is 13.3. The van der Waals surface area contributed by atoms with Crippen molar-refractivity contribution in [3.05, 3.63) is 62.3 Å². The molecule has 32 heavy (non-hydrogen) atoms. The zero-order valence-corrected chi connectivity index (χ0v) is 18.8. The van der Waals surface area contributed by atoms with Gasteiger partial charge in [0.25, 0.3) is 5.56 Å². The van der Waals surface area contributed by atoms with Crippen molar-refractivity contribution in [3.8, 4) is 5.88 Å². The molecule has 3 N–H and O–H groups in total. The highest BCUT2D eigenvalue weighted by Gasteiger charge is 2.44. The topological polar surface area (TPSA) is 136 Å². The fourth-order valence-corrected chi connectivity index (χ4v) is 4.17. The van der Waals surface area contributed by atoms with Gasteiger partial charge in [0, 0.05) is 20.3 Å². The minimum atomic E-state index is -1.29. The van der Waals surface area contributed by atoms with Crippen LogP contribution in [0.2, 0.25) is 0 Å². The summed E-state index contributed by atoms with van der Waals surface area (Å²) >= 11 is 1.28. The van der Waals surface area contributed by atoms with Crippen LogP contribution in [0.3, 0.4) is 0 Å². The molecule has 1 fully saturated rings. The lowest BCUT2D eigenvalue weighted by Gasteiger charge is -2.40. The molecular formula is C21H27N3O7S. The number of aromatic nitrogens is 2. The fraction of sp³-hybridized carbons (Fsp3) is 0.476. The van der Waals surface area contributed by atoms with Gasteiger partial charge in [-0.3, -0.25) is 18.9 Å². The minimum Gasteiger partial charge on any atom is -0.494 e. The molecule has 3 rings (SSSR count). The first-order valence-electron chi connectivity index (χ1n) is 9.94. The largest absolute Gasteiger partial charge is 0.494 e. The summed E-state index contributed by atoms with van der Waals surface area (Å²) in [5.41, 5.74) is -1.27. The van der Waals surface area contributed by atoms with Gasteiger partial charge >= 0.3 is 5.69 Å². The Hall–Kier alpha value is -2.44. The van der Waals surface area contributed by atoms with Crippen LogP contribution in [-0.4, -0.2) is 73.3 Å². The highest BCUT2D eigenvalue weighted by Crippen LogP contribution is 2.29. The van der Waals surface area contributed by atoms with E-state index >= 15 is 0 Å². The van der Waals surface area contributed by atoms with Gasteiger partial charge in [-0.1, -0.05) is 30.3 Å². The molecule has 2 heterocycles. The van der Waals surface area contributed by atoms with Crippen LogP contribution in [0.25, 0.3) is 0 Å². The quantitative estimate of drug-likeness (QED) is 0.470. The van der Waals surface area contributed by atoms with Gasteiger partial charge in [-0.05, 0) is 11.8 Å². The molecule has 174 valence electrons. The molecule has 0 unspecified atom stereocenters. The molecule has 0 radical (unpaired) electrons. The smallest absolute Gasteiger partial charge is 0.333 e. The summed E-state index contributed by atoms with van der Waals surface area (Å²) in [5.74, 6) is -0.540. The molecule has 0 saturated carbocycles. The Bertz CT molecular complexity index is 1070. The van der Waals surface area contributed by atoms with Crippen LogP contribution < -0.4 is 11.2 Å². The number of aliphatic hydroxyl groups is 2. The van der Waals surface area contributed by atoms with Gasteiger partial charge in [0.2, 0.25) is 5.88 Å².